The largest absolute Gasteiger partial charge is 0.383 e. The number of hydrogen-bond donors (Lipinski definition) is 2. The van der Waals surface area contributed by atoms with E-state index >= 15 is 0 Å². The zero-order valence-electron chi connectivity index (χ0n) is 12.1. The molecule has 0 bridgehead atoms. The number of halogens is 2. The minimum Gasteiger partial charge on any atom is -0.383 e. The van der Waals surface area contributed by atoms with Gasteiger partial charge in [0.05, 0.1) is 0 Å². The Hall–Kier alpha value is -2.30. The molecule has 0 fully saturated rings. The minimum atomic E-state index is -0.134. The van der Waals surface area contributed by atoms with Gasteiger partial charge in [0.1, 0.15) is 5.82 Å². The van der Waals surface area contributed by atoms with Crippen LogP contribution in [0.5, 0.6) is 0 Å². The third-order valence-electron chi connectivity index (χ3n) is 3.58. The Kier molecular flexibility index (Phi) is 4.37. The summed E-state index contributed by atoms with van der Waals surface area (Å²) in [6.07, 6.45) is 1.66. The molecule has 4 nitrogen and oxygen atoms in total. The maximum absolute atomic E-state index is 6.07. The van der Waals surface area contributed by atoms with Gasteiger partial charge in [-0.15, -0.1) is 0 Å². The molecule has 4 N–H and O–H groups in total. The molecule has 0 amide bonds. The summed E-state index contributed by atoms with van der Waals surface area (Å²) >= 11 is 12.0. The fourth-order valence-corrected chi connectivity index (χ4v) is 2.76. The topological polar surface area (TPSA) is 77.8 Å². The fraction of sp³-hybridized carbons (Fsp3) is 0.0588. The van der Waals surface area contributed by atoms with E-state index in [9.17, 15) is 0 Å². The second-order valence-electron chi connectivity index (χ2n) is 5.10. The van der Waals surface area contributed by atoms with Crippen LogP contribution in [0.2, 0.25) is 10.0 Å². The van der Waals surface area contributed by atoms with Crippen LogP contribution in [-0.2, 0) is 0 Å². The van der Waals surface area contributed by atoms with Gasteiger partial charge in [0.2, 0.25) is 5.95 Å². The first-order valence-electron chi connectivity index (χ1n) is 6.93. The van der Waals surface area contributed by atoms with Crippen molar-refractivity contribution in [2.24, 2.45) is 0 Å². The van der Waals surface area contributed by atoms with Gasteiger partial charge in [-0.1, -0.05) is 47.5 Å². The van der Waals surface area contributed by atoms with Crippen LogP contribution in [0, 0.1) is 0 Å². The van der Waals surface area contributed by atoms with E-state index in [1.165, 1.54) is 0 Å². The summed E-state index contributed by atoms with van der Waals surface area (Å²) in [6.45, 7) is 0. The molecule has 0 aliphatic rings. The van der Waals surface area contributed by atoms with Gasteiger partial charge >= 0.3 is 0 Å². The summed E-state index contributed by atoms with van der Waals surface area (Å²) in [6, 6.07) is 15.2. The Bertz CT molecular complexity index is 772. The van der Waals surface area contributed by atoms with E-state index in [4.69, 9.17) is 34.7 Å². The highest BCUT2D eigenvalue weighted by atomic mass is 35.5. The maximum atomic E-state index is 6.07. The van der Waals surface area contributed by atoms with Crippen molar-refractivity contribution >= 4 is 35.0 Å². The van der Waals surface area contributed by atoms with Gasteiger partial charge in [0.15, 0.2) is 0 Å². The van der Waals surface area contributed by atoms with Crippen molar-refractivity contribution in [1.29, 1.82) is 0 Å². The molecule has 116 valence electrons. The summed E-state index contributed by atoms with van der Waals surface area (Å²) in [5, 5.41) is 1.34. The Labute approximate surface area is 144 Å². The summed E-state index contributed by atoms with van der Waals surface area (Å²) in [4.78, 5) is 8.15. The average Bonchev–Trinajstić information content (AvgIpc) is 2.53. The highest BCUT2D eigenvalue weighted by Crippen LogP contribution is 2.35. The number of nitrogens with zero attached hydrogens (tertiary/aromatic N) is 2. The number of nitrogens with two attached hydrogens (primary N) is 2. The lowest BCUT2D eigenvalue weighted by molar-refractivity contribution is 0.951. The molecule has 3 aromatic rings. The minimum absolute atomic E-state index is 0.134. The van der Waals surface area contributed by atoms with Crippen LogP contribution in [0.3, 0.4) is 0 Å². The first-order chi connectivity index (χ1) is 11.0. The molecular formula is C17H14Cl2N4. The third kappa shape index (κ3) is 3.38. The lowest BCUT2D eigenvalue weighted by Gasteiger charge is -2.20. The zero-order valence-corrected chi connectivity index (χ0v) is 13.6. The van der Waals surface area contributed by atoms with Gasteiger partial charge in [0, 0.05) is 27.7 Å². The lowest BCUT2D eigenvalue weighted by Crippen LogP contribution is -2.10. The van der Waals surface area contributed by atoms with E-state index in [0.29, 0.717) is 15.9 Å². The summed E-state index contributed by atoms with van der Waals surface area (Å²) in [5.41, 5.74) is 14.5. The Morgan fingerprint density at radius 3 is 1.70 bits per heavy atom. The molecule has 0 radical (unpaired) electrons. The summed E-state index contributed by atoms with van der Waals surface area (Å²) < 4.78 is 0. The van der Waals surface area contributed by atoms with Crippen molar-refractivity contribution < 1.29 is 0 Å². The fourth-order valence-electron chi connectivity index (χ4n) is 2.50. The molecule has 1 aromatic heterocycles. The van der Waals surface area contributed by atoms with E-state index < -0.39 is 0 Å². The molecule has 0 saturated heterocycles. The molecule has 1 heterocycles. The molecule has 23 heavy (non-hydrogen) atoms. The van der Waals surface area contributed by atoms with Crippen LogP contribution >= 0.6 is 23.2 Å². The van der Waals surface area contributed by atoms with Gasteiger partial charge in [-0.05, 0) is 35.4 Å². The van der Waals surface area contributed by atoms with Crippen molar-refractivity contribution in [3.05, 3.63) is 81.5 Å². The van der Waals surface area contributed by atoms with Gasteiger partial charge in [0.25, 0.3) is 0 Å². The maximum Gasteiger partial charge on any atom is 0.221 e. The molecular weight excluding hydrogens is 331 g/mol. The Balaban J connectivity index is 2.16. The number of anilines is 2. The molecule has 6 heteroatoms. The quantitative estimate of drug-likeness (QED) is 0.748. The van der Waals surface area contributed by atoms with Crippen LogP contribution in [0.25, 0.3) is 0 Å². The van der Waals surface area contributed by atoms with Crippen molar-refractivity contribution in [2.45, 2.75) is 5.92 Å². The van der Waals surface area contributed by atoms with Crippen molar-refractivity contribution in [2.75, 3.05) is 11.5 Å². The molecule has 0 saturated carbocycles. The van der Waals surface area contributed by atoms with Crippen LogP contribution in [-0.4, -0.2) is 9.97 Å². The lowest BCUT2D eigenvalue weighted by atomic mass is 9.86. The first-order valence-corrected chi connectivity index (χ1v) is 7.69. The SMILES string of the molecule is Nc1ncc(C(c2ccc(Cl)cc2)c2ccc(Cl)cc2)c(N)n1. The molecule has 0 atom stereocenters. The molecule has 3 rings (SSSR count). The highest BCUT2D eigenvalue weighted by Gasteiger charge is 2.20. The number of nitrogen functional groups attached to an aromatic ring is 2. The van der Waals surface area contributed by atoms with Crippen molar-refractivity contribution in [1.82, 2.24) is 9.97 Å². The van der Waals surface area contributed by atoms with E-state index in [1.807, 2.05) is 48.5 Å². The third-order valence-corrected chi connectivity index (χ3v) is 4.09. The number of benzene rings is 2. The number of rotatable bonds is 3. The molecule has 0 aliphatic heterocycles. The molecule has 0 unspecified atom stereocenters. The molecule has 0 spiro atoms. The van der Waals surface area contributed by atoms with Gasteiger partial charge in [-0.3, -0.25) is 0 Å². The summed E-state index contributed by atoms with van der Waals surface area (Å²) in [5.74, 6) is 0.370. The normalized spacial score (nSPS) is 10.9. The van der Waals surface area contributed by atoms with E-state index in [1.54, 1.807) is 6.20 Å². The second-order valence-corrected chi connectivity index (χ2v) is 5.98. The smallest absolute Gasteiger partial charge is 0.221 e. The number of hydrogen-bond acceptors (Lipinski definition) is 4. The van der Waals surface area contributed by atoms with E-state index in [2.05, 4.69) is 9.97 Å². The highest BCUT2D eigenvalue weighted by molar-refractivity contribution is 6.30. The first kappa shape index (κ1) is 15.6. The van der Waals surface area contributed by atoms with E-state index in [0.717, 1.165) is 16.7 Å². The zero-order chi connectivity index (χ0) is 16.4. The predicted molar refractivity (Wildman–Crippen MR) is 94.7 cm³/mol. The van der Waals surface area contributed by atoms with Crippen molar-refractivity contribution in [3.63, 3.8) is 0 Å². The Morgan fingerprint density at radius 1 is 0.783 bits per heavy atom. The van der Waals surface area contributed by atoms with Gasteiger partial charge in [-0.25, -0.2) is 4.98 Å². The molecule has 2 aromatic carbocycles. The van der Waals surface area contributed by atoms with E-state index in [-0.39, 0.29) is 11.9 Å². The molecule has 0 aliphatic carbocycles. The van der Waals surface area contributed by atoms with Crippen LogP contribution in [0.15, 0.2) is 54.7 Å². The monoisotopic (exact) mass is 344 g/mol. The van der Waals surface area contributed by atoms with Crippen molar-refractivity contribution in [3.8, 4) is 0 Å². The van der Waals surface area contributed by atoms with Gasteiger partial charge < -0.3 is 11.5 Å². The van der Waals surface area contributed by atoms with Crippen LogP contribution in [0.4, 0.5) is 11.8 Å². The van der Waals surface area contributed by atoms with Crippen LogP contribution < -0.4 is 11.5 Å². The van der Waals surface area contributed by atoms with Gasteiger partial charge in [-0.2, -0.15) is 4.98 Å². The number of aromatic nitrogens is 2. The second kappa shape index (κ2) is 6.44. The summed E-state index contributed by atoms with van der Waals surface area (Å²) in [7, 11) is 0. The predicted octanol–water partition coefficient (Wildman–Crippen LogP) is 4.13. The average molecular weight is 345 g/mol. The standard InChI is InChI=1S/C17H14Cl2N4/c18-12-5-1-10(2-6-12)15(11-3-7-13(19)8-4-11)14-9-22-17(21)23-16(14)20/h1-9,15H,(H4,20,21,22,23). The van der Waals surface area contributed by atoms with Crippen LogP contribution in [0.1, 0.15) is 22.6 Å². The Morgan fingerprint density at radius 2 is 1.26 bits per heavy atom.